The van der Waals surface area contributed by atoms with Gasteiger partial charge in [0.05, 0.1) is 6.61 Å². The Bertz CT molecular complexity index is 493. The summed E-state index contributed by atoms with van der Waals surface area (Å²) in [4.78, 5) is 14.5. The van der Waals surface area contributed by atoms with Gasteiger partial charge in [-0.25, -0.2) is 0 Å². The van der Waals surface area contributed by atoms with Crippen LogP contribution in [0.2, 0.25) is 0 Å². The standard InChI is InChI=1S/C17H29N3O2/c1-19(2)11-6-14-22-16-8-5-12-20(17(16)21)13-9-15-7-3-4-10-18-15/h5,8,12,15,18H,3-4,6-7,9-11,13-14H2,1-2H3. The van der Waals surface area contributed by atoms with Crippen molar-refractivity contribution in [3.8, 4) is 5.75 Å². The summed E-state index contributed by atoms with van der Waals surface area (Å²) in [6, 6.07) is 4.22. The fourth-order valence-electron chi connectivity index (χ4n) is 2.83. The second-order valence-corrected chi connectivity index (χ2v) is 6.31. The van der Waals surface area contributed by atoms with Crippen molar-refractivity contribution in [2.24, 2.45) is 0 Å². The number of nitrogens with one attached hydrogen (secondary N) is 1. The molecule has 1 saturated heterocycles. The first-order chi connectivity index (χ1) is 10.7. The molecule has 0 amide bonds. The zero-order valence-electron chi connectivity index (χ0n) is 13.9. The van der Waals surface area contributed by atoms with Gasteiger partial charge in [-0.15, -0.1) is 0 Å². The first kappa shape index (κ1) is 17.0. The molecule has 0 aromatic carbocycles. The van der Waals surface area contributed by atoms with Crippen LogP contribution >= 0.6 is 0 Å². The number of pyridine rings is 1. The molecular weight excluding hydrogens is 278 g/mol. The lowest BCUT2D eigenvalue weighted by atomic mass is 10.0. The van der Waals surface area contributed by atoms with Crippen LogP contribution in [0.15, 0.2) is 23.1 Å². The van der Waals surface area contributed by atoms with Crippen LogP contribution in [0, 0.1) is 0 Å². The summed E-state index contributed by atoms with van der Waals surface area (Å²) in [5, 5.41) is 3.52. The van der Waals surface area contributed by atoms with Gasteiger partial charge < -0.3 is 19.5 Å². The molecule has 124 valence electrons. The highest BCUT2D eigenvalue weighted by Gasteiger charge is 2.13. The molecule has 5 nitrogen and oxygen atoms in total. The lowest BCUT2D eigenvalue weighted by Crippen LogP contribution is -2.35. The number of ether oxygens (including phenoxy) is 1. The van der Waals surface area contributed by atoms with Gasteiger partial charge in [-0.2, -0.15) is 0 Å². The fourth-order valence-corrected chi connectivity index (χ4v) is 2.83. The molecule has 1 aromatic rings. The number of aryl methyl sites for hydroxylation is 1. The van der Waals surface area contributed by atoms with Gasteiger partial charge in [0.1, 0.15) is 0 Å². The molecule has 1 N–H and O–H groups in total. The van der Waals surface area contributed by atoms with Crippen LogP contribution in [0.5, 0.6) is 5.75 Å². The highest BCUT2D eigenvalue weighted by molar-refractivity contribution is 5.17. The van der Waals surface area contributed by atoms with Gasteiger partial charge in [0.2, 0.25) is 0 Å². The van der Waals surface area contributed by atoms with Crippen molar-refractivity contribution in [1.82, 2.24) is 14.8 Å². The number of piperidine rings is 1. The van der Waals surface area contributed by atoms with E-state index in [-0.39, 0.29) is 5.56 Å². The molecule has 1 aromatic heterocycles. The predicted molar refractivity (Wildman–Crippen MR) is 89.6 cm³/mol. The van der Waals surface area contributed by atoms with Crippen molar-refractivity contribution in [3.63, 3.8) is 0 Å². The maximum Gasteiger partial charge on any atom is 0.292 e. The molecule has 0 saturated carbocycles. The molecule has 2 rings (SSSR count). The summed E-state index contributed by atoms with van der Waals surface area (Å²) in [5.74, 6) is 0.470. The number of hydrogen-bond acceptors (Lipinski definition) is 4. The van der Waals surface area contributed by atoms with Crippen molar-refractivity contribution >= 4 is 0 Å². The van der Waals surface area contributed by atoms with E-state index in [1.165, 1.54) is 19.3 Å². The van der Waals surface area contributed by atoms with Crippen LogP contribution in [0.25, 0.3) is 0 Å². The topological polar surface area (TPSA) is 46.5 Å². The largest absolute Gasteiger partial charge is 0.488 e. The summed E-state index contributed by atoms with van der Waals surface area (Å²) >= 11 is 0. The van der Waals surface area contributed by atoms with E-state index in [4.69, 9.17) is 4.74 Å². The summed E-state index contributed by atoms with van der Waals surface area (Å²) in [6.07, 6.45) is 7.57. The van der Waals surface area contributed by atoms with Crippen LogP contribution in [-0.2, 0) is 6.54 Å². The molecule has 1 aliphatic rings. The average Bonchev–Trinajstić information content (AvgIpc) is 2.52. The van der Waals surface area contributed by atoms with E-state index in [0.717, 1.165) is 32.5 Å². The molecule has 0 bridgehead atoms. The van der Waals surface area contributed by atoms with E-state index >= 15 is 0 Å². The minimum atomic E-state index is -0.0110. The maximum absolute atomic E-state index is 12.4. The van der Waals surface area contributed by atoms with E-state index < -0.39 is 0 Å². The lowest BCUT2D eigenvalue weighted by Gasteiger charge is -2.23. The van der Waals surface area contributed by atoms with Crippen molar-refractivity contribution in [2.45, 2.75) is 44.7 Å². The minimum absolute atomic E-state index is 0.0110. The highest BCUT2D eigenvalue weighted by atomic mass is 16.5. The monoisotopic (exact) mass is 307 g/mol. The molecule has 1 unspecified atom stereocenters. The summed E-state index contributed by atoms with van der Waals surface area (Å²) in [5.41, 5.74) is -0.0110. The third kappa shape index (κ3) is 5.46. The first-order valence-corrected chi connectivity index (χ1v) is 8.37. The molecule has 22 heavy (non-hydrogen) atoms. The Labute approximate surface area is 133 Å². The average molecular weight is 307 g/mol. The van der Waals surface area contributed by atoms with Crippen LogP contribution in [0.1, 0.15) is 32.1 Å². The van der Waals surface area contributed by atoms with Crippen LogP contribution in [-0.4, -0.2) is 49.3 Å². The van der Waals surface area contributed by atoms with Gasteiger partial charge in [-0.3, -0.25) is 4.79 Å². The number of rotatable bonds is 8. The summed E-state index contributed by atoms with van der Waals surface area (Å²) in [7, 11) is 4.07. The second-order valence-electron chi connectivity index (χ2n) is 6.31. The molecule has 5 heteroatoms. The summed E-state index contributed by atoms with van der Waals surface area (Å²) < 4.78 is 7.42. The zero-order chi connectivity index (χ0) is 15.8. The first-order valence-electron chi connectivity index (χ1n) is 8.37. The van der Waals surface area contributed by atoms with Gasteiger partial charge in [-0.05, 0) is 58.5 Å². The van der Waals surface area contributed by atoms with Crippen LogP contribution < -0.4 is 15.6 Å². The highest BCUT2D eigenvalue weighted by Crippen LogP contribution is 2.11. The van der Waals surface area contributed by atoms with Crippen LogP contribution in [0.3, 0.4) is 0 Å². The number of nitrogens with zero attached hydrogens (tertiary/aromatic N) is 2. The van der Waals surface area contributed by atoms with E-state index in [1.807, 2.05) is 26.4 Å². The van der Waals surface area contributed by atoms with Gasteiger partial charge in [0, 0.05) is 25.3 Å². The van der Waals surface area contributed by atoms with E-state index in [9.17, 15) is 4.79 Å². The third-order valence-electron chi connectivity index (χ3n) is 4.12. The zero-order valence-corrected chi connectivity index (χ0v) is 13.9. The van der Waals surface area contributed by atoms with E-state index in [1.54, 1.807) is 10.6 Å². The SMILES string of the molecule is CN(C)CCCOc1cccn(CCC2CCCCN2)c1=O. The Hall–Kier alpha value is -1.33. The smallest absolute Gasteiger partial charge is 0.292 e. The predicted octanol–water partition coefficient (Wildman–Crippen LogP) is 1.71. The van der Waals surface area contributed by atoms with Crippen molar-refractivity contribution in [2.75, 3.05) is 33.8 Å². The third-order valence-corrected chi connectivity index (χ3v) is 4.12. The fraction of sp³-hybridized carbons (Fsp3) is 0.706. The lowest BCUT2D eigenvalue weighted by molar-refractivity contribution is 0.276. The Kier molecular flexibility index (Phi) is 6.93. The molecule has 0 aliphatic carbocycles. The molecule has 0 spiro atoms. The Morgan fingerprint density at radius 1 is 1.41 bits per heavy atom. The molecule has 0 radical (unpaired) electrons. The summed E-state index contributed by atoms with van der Waals surface area (Å²) in [6.45, 7) is 3.41. The van der Waals surface area contributed by atoms with Gasteiger partial charge >= 0.3 is 0 Å². The normalized spacial score (nSPS) is 18.6. The maximum atomic E-state index is 12.4. The Balaban J connectivity index is 1.84. The molecule has 1 fully saturated rings. The van der Waals surface area contributed by atoms with Crippen molar-refractivity contribution in [1.29, 1.82) is 0 Å². The Morgan fingerprint density at radius 2 is 2.27 bits per heavy atom. The van der Waals surface area contributed by atoms with Gasteiger partial charge in [0.25, 0.3) is 5.56 Å². The number of aromatic nitrogens is 1. The molecular formula is C17H29N3O2. The van der Waals surface area contributed by atoms with E-state index in [0.29, 0.717) is 18.4 Å². The van der Waals surface area contributed by atoms with Gasteiger partial charge in [-0.1, -0.05) is 6.42 Å². The Morgan fingerprint density at radius 3 is 3.00 bits per heavy atom. The van der Waals surface area contributed by atoms with Crippen molar-refractivity contribution in [3.05, 3.63) is 28.7 Å². The van der Waals surface area contributed by atoms with E-state index in [2.05, 4.69) is 10.2 Å². The second kappa shape index (κ2) is 8.96. The minimum Gasteiger partial charge on any atom is -0.488 e. The van der Waals surface area contributed by atoms with Gasteiger partial charge in [0.15, 0.2) is 5.75 Å². The molecule has 2 heterocycles. The van der Waals surface area contributed by atoms with Crippen LogP contribution in [0.4, 0.5) is 0 Å². The quantitative estimate of drug-likeness (QED) is 0.743. The van der Waals surface area contributed by atoms with Crippen molar-refractivity contribution < 1.29 is 4.74 Å². The number of hydrogen-bond donors (Lipinski definition) is 1. The molecule has 1 atom stereocenters. The molecule has 1 aliphatic heterocycles.